The third-order valence-electron chi connectivity index (χ3n) is 5.35. The lowest BCUT2D eigenvalue weighted by atomic mass is 10.00. The number of rotatable bonds is 14. The third-order valence-corrected chi connectivity index (χ3v) is 5.35. The zero-order valence-corrected chi connectivity index (χ0v) is 20.0. The second-order valence-electron chi connectivity index (χ2n) is 9.43. The molecule has 0 spiro atoms. The van der Waals surface area contributed by atoms with Crippen LogP contribution in [-0.2, 0) is 24.0 Å². The van der Waals surface area contributed by atoms with Crippen molar-refractivity contribution in [1.82, 2.24) is 21.3 Å². The number of carbonyl (C=O) groups is 5. The van der Waals surface area contributed by atoms with Gasteiger partial charge in [-0.25, -0.2) is 4.79 Å². The van der Waals surface area contributed by atoms with E-state index in [1.807, 2.05) is 27.7 Å². The monoisotopic (exact) mass is 469 g/mol. The molecule has 0 aromatic carbocycles. The molecule has 7 N–H and O–H groups in total. The van der Waals surface area contributed by atoms with Crippen LogP contribution in [0.5, 0.6) is 0 Å². The molecule has 11 heteroatoms. The Morgan fingerprint density at radius 1 is 0.909 bits per heavy atom. The molecule has 1 heterocycles. The van der Waals surface area contributed by atoms with Crippen LogP contribution in [0.25, 0.3) is 0 Å². The lowest BCUT2D eigenvalue weighted by Gasteiger charge is -2.26. The van der Waals surface area contributed by atoms with Gasteiger partial charge < -0.3 is 32.1 Å². The van der Waals surface area contributed by atoms with Gasteiger partial charge in [-0.2, -0.15) is 0 Å². The maximum atomic E-state index is 13.0. The largest absolute Gasteiger partial charge is 0.480 e. The summed E-state index contributed by atoms with van der Waals surface area (Å²) in [5, 5.41) is 20.3. The predicted molar refractivity (Wildman–Crippen MR) is 122 cm³/mol. The van der Waals surface area contributed by atoms with E-state index in [1.54, 1.807) is 0 Å². The van der Waals surface area contributed by atoms with Crippen LogP contribution in [0, 0.1) is 11.8 Å². The summed E-state index contributed by atoms with van der Waals surface area (Å²) in [5.41, 5.74) is 5.22. The summed E-state index contributed by atoms with van der Waals surface area (Å²) in [7, 11) is 0. The van der Waals surface area contributed by atoms with Crippen LogP contribution in [0.15, 0.2) is 0 Å². The minimum atomic E-state index is -1.15. The average Bonchev–Trinajstić information content (AvgIpc) is 3.23. The van der Waals surface area contributed by atoms with Crippen LogP contribution < -0.4 is 27.0 Å². The van der Waals surface area contributed by atoms with Gasteiger partial charge in [0.1, 0.15) is 18.1 Å². The molecule has 0 radical (unpaired) electrons. The van der Waals surface area contributed by atoms with Crippen LogP contribution >= 0.6 is 0 Å². The van der Waals surface area contributed by atoms with Gasteiger partial charge in [0, 0.05) is 6.42 Å². The fourth-order valence-corrected chi connectivity index (χ4v) is 3.68. The van der Waals surface area contributed by atoms with Crippen molar-refractivity contribution in [3.05, 3.63) is 0 Å². The molecule has 188 valence electrons. The SMILES string of the molecule is CC(C)CC(NC(=O)C(CC(C)C)NC(=O)C(CCC(N)=O)NC(=O)C1CCCN1)C(=O)O. The molecule has 1 aliphatic rings. The molecule has 4 amide bonds. The van der Waals surface area contributed by atoms with E-state index >= 15 is 0 Å². The minimum absolute atomic E-state index is 0.0132. The van der Waals surface area contributed by atoms with Crippen LogP contribution in [0.2, 0.25) is 0 Å². The number of hydrogen-bond donors (Lipinski definition) is 6. The number of carboxylic acid groups (broad SMARTS) is 1. The van der Waals surface area contributed by atoms with E-state index in [0.717, 1.165) is 6.42 Å². The quantitative estimate of drug-likeness (QED) is 0.201. The van der Waals surface area contributed by atoms with Gasteiger partial charge in [-0.05, 0) is 50.5 Å². The maximum absolute atomic E-state index is 13.0. The van der Waals surface area contributed by atoms with Crippen molar-refractivity contribution >= 4 is 29.6 Å². The Bertz CT molecular complexity index is 705. The van der Waals surface area contributed by atoms with Crippen LogP contribution in [0.3, 0.4) is 0 Å². The van der Waals surface area contributed by atoms with Crippen molar-refractivity contribution in [3.8, 4) is 0 Å². The number of nitrogens with two attached hydrogens (primary N) is 1. The molecule has 0 aromatic heterocycles. The summed E-state index contributed by atoms with van der Waals surface area (Å²) in [5.74, 6) is -3.29. The highest BCUT2D eigenvalue weighted by Crippen LogP contribution is 2.11. The summed E-state index contributed by atoms with van der Waals surface area (Å²) < 4.78 is 0. The van der Waals surface area contributed by atoms with E-state index in [1.165, 1.54) is 0 Å². The van der Waals surface area contributed by atoms with Gasteiger partial charge in [-0.3, -0.25) is 19.2 Å². The van der Waals surface area contributed by atoms with E-state index < -0.39 is 47.9 Å². The first kappa shape index (κ1) is 28.3. The maximum Gasteiger partial charge on any atom is 0.326 e. The lowest BCUT2D eigenvalue weighted by molar-refractivity contribution is -0.143. The first-order chi connectivity index (χ1) is 15.4. The lowest BCUT2D eigenvalue weighted by Crippen LogP contribution is -2.57. The van der Waals surface area contributed by atoms with Gasteiger partial charge in [0.15, 0.2) is 0 Å². The number of carbonyl (C=O) groups excluding carboxylic acids is 4. The number of carboxylic acids is 1. The van der Waals surface area contributed by atoms with Crippen molar-refractivity contribution in [2.45, 2.75) is 90.4 Å². The van der Waals surface area contributed by atoms with Crippen molar-refractivity contribution < 1.29 is 29.1 Å². The zero-order chi connectivity index (χ0) is 25.1. The molecule has 4 atom stereocenters. The smallest absolute Gasteiger partial charge is 0.326 e. The van der Waals surface area contributed by atoms with Gasteiger partial charge in [0.2, 0.25) is 23.6 Å². The Morgan fingerprint density at radius 2 is 1.45 bits per heavy atom. The number of primary amides is 1. The summed E-state index contributed by atoms with van der Waals surface area (Å²) in [6.45, 7) is 8.13. The molecule has 4 unspecified atom stereocenters. The van der Waals surface area contributed by atoms with Crippen molar-refractivity contribution in [3.63, 3.8) is 0 Å². The zero-order valence-electron chi connectivity index (χ0n) is 20.0. The third kappa shape index (κ3) is 10.6. The van der Waals surface area contributed by atoms with Crippen LogP contribution in [0.4, 0.5) is 0 Å². The van der Waals surface area contributed by atoms with E-state index in [4.69, 9.17) is 5.73 Å². The van der Waals surface area contributed by atoms with Crippen LogP contribution in [-0.4, -0.2) is 65.4 Å². The number of hydrogen-bond acceptors (Lipinski definition) is 6. The number of aliphatic carboxylic acids is 1. The van der Waals surface area contributed by atoms with Crippen molar-refractivity contribution in [2.24, 2.45) is 17.6 Å². The molecule has 1 rings (SSSR count). The summed E-state index contributed by atoms with van der Waals surface area (Å²) >= 11 is 0. The minimum Gasteiger partial charge on any atom is -0.480 e. The van der Waals surface area contributed by atoms with E-state index in [2.05, 4.69) is 21.3 Å². The van der Waals surface area contributed by atoms with Crippen molar-refractivity contribution in [2.75, 3.05) is 6.54 Å². The van der Waals surface area contributed by atoms with Gasteiger partial charge in [0.25, 0.3) is 0 Å². The molecule has 33 heavy (non-hydrogen) atoms. The molecule has 1 fully saturated rings. The van der Waals surface area contributed by atoms with Gasteiger partial charge in [-0.15, -0.1) is 0 Å². The first-order valence-corrected chi connectivity index (χ1v) is 11.6. The Morgan fingerprint density at radius 3 is 1.94 bits per heavy atom. The Hall–Kier alpha value is -2.69. The highest BCUT2D eigenvalue weighted by Gasteiger charge is 2.32. The van der Waals surface area contributed by atoms with E-state index in [9.17, 15) is 29.1 Å². The first-order valence-electron chi connectivity index (χ1n) is 11.6. The fourth-order valence-electron chi connectivity index (χ4n) is 3.68. The topological polar surface area (TPSA) is 180 Å². The molecule has 1 aliphatic heterocycles. The molecule has 1 saturated heterocycles. The fraction of sp³-hybridized carbons (Fsp3) is 0.773. The molecule has 0 aliphatic carbocycles. The van der Waals surface area contributed by atoms with E-state index in [-0.39, 0.29) is 43.4 Å². The number of amides is 4. The number of nitrogens with one attached hydrogen (secondary N) is 4. The molecule has 11 nitrogen and oxygen atoms in total. The Labute approximate surface area is 195 Å². The standard InChI is InChI=1S/C22H39N5O6/c1-12(2)10-16(21(31)27-17(22(32)33)11-13(3)4)26-20(30)15(7-8-18(23)28)25-19(29)14-6-5-9-24-14/h12-17,24H,5-11H2,1-4H3,(H2,23,28)(H,25,29)(H,26,30)(H,27,31)(H,32,33). The average molecular weight is 470 g/mol. The second-order valence-corrected chi connectivity index (χ2v) is 9.43. The van der Waals surface area contributed by atoms with Gasteiger partial charge in [0.05, 0.1) is 6.04 Å². The van der Waals surface area contributed by atoms with E-state index in [0.29, 0.717) is 13.0 Å². The highest BCUT2D eigenvalue weighted by atomic mass is 16.4. The Balaban J connectivity index is 2.94. The molecule has 0 saturated carbocycles. The Kier molecular flexibility index (Phi) is 11.8. The normalized spacial score (nSPS) is 18.4. The summed E-state index contributed by atoms with van der Waals surface area (Å²) in [4.78, 5) is 61.2. The highest BCUT2D eigenvalue weighted by molar-refractivity contribution is 5.94. The molecule has 0 bridgehead atoms. The van der Waals surface area contributed by atoms with Gasteiger partial charge in [-0.1, -0.05) is 27.7 Å². The molecule has 0 aromatic rings. The van der Waals surface area contributed by atoms with Gasteiger partial charge >= 0.3 is 5.97 Å². The molecular formula is C22H39N5O6. The van der Waals surface area contributed by atoms with Crippen molar-refractivity contribution in [1.29, 1.82) is 0 Å². The summed E-state index contributed by atoms with van der Waals surface area (Å²) in [6, 6.07) is -3.55. The summed E-state index contributed by atoms with van der Waals surface area (Å²) in [6.07, 6.45) is 1.86. The van der Waals surface area contributed by atoms with Crippen LogP contribution in [0.1, 0.15) is 66.2 Å². The second kappa shape index (κ2) is 13.8. The molecular weight excluding hydrogens is 430 g/mol. The predicted octanol–water partition coefficient (Wildman–Crippen LogP) is -0.365.